The number of hydrogen-bond donors (Lipinski definition) is 0. The summed E-state index contributed by atoms with van der Waals surface area (Å²) in [6.07, 6.45) is 32.6. The van der Waals surface area contributed by atoms with Gasteiger partial charge in [0.2, 0.25) is 0 Å². The van der Waals surface area contributed by atoms with E-state index < -0.39 is 14.4 Å². The topological polar surface area (TPSA) is 0 Å². The molecule has 0 nitrogen and oxygen atoms in total. The van der Waals surface area contributed by atoms with Gasteiger partial charge in [-0.25, -0.2) is 23.3 Å². The van der Waals surface area contributed by atoms with Crippen LogP contribution < -0.4 is 24.8 Å². The number of allylic oxidation sites excluding steroid dienone is 14. The minimum Gasteiger partial charge on any atom is -1.00 e. The molecule has 0 saturated heterocycles. The largest absolute Gasteiger partial charge is 2.00 e. The Balaban J connectivity index is 0. The van der Waals surface area contributed by atoms with Gasteiger partial charge in [0, 0.05) is 9.49 Å². The van der Waals surface area contributed by atoms with E-state index in [4.69, 9.17) is 0 Å². The van der Waals surface area contributed by atoms with Crippen LogP contribution in [0.4, 0.5) is 0 Å². The molecule has 0 saturated carbocycles. The molecule has 8 heteroatoms. The van der Waals surface area contributed by atoms with Crippen LogP contribution >= 0.6 is 22.4 Å². The average Bonchev–Trinajstić information content (AvgIpc) is 3.54. The van der Waals surface area contributed by atoms with Crippen molar-refractivity contribution < 1.29 is 68.2 Å². The maximum atomic E-state index is 3.56. The molecule has 0 aromatic rings. The van der Waals surface area contributed by atoms with Crippen molar-refractivity contribution in [2.24, 2.45) is 10.8 Å². The Morgan fingerprint density at radius 2 is 0.938 bits per heavy atom. The van der Waals surface area contributed by atoms with Gasteiger partial charge in [0.1, 0.15) is 14.4 Å². The van der Waals surface area contributed by atoms with Gasteiger partial charge in [0.05, 0.1) is 0 Å². The standard InChI is InChI=1S/2C20H31SSi.2ClH.2Ti/c2*1-16-12-13-20(21-22(5,6)7,15-17-10-8-9-11-17)18(14-16)19(2,3)4;;;;/h2*8,10,12,14H,9,13,15H2,1-7H3;2*1H;;/q2*-1;;;2*+2/p-2. The van der Waals surface area contributed by atoms with Gasteiger partial charge in [-0.2, -0.15) is 34.6 Å². The predicted molar refractivity (Wildman–Crippen MR) is 209 cm³/mol. The smallest absolute Gasteiger partial charge is 1.00 e. The second-order valence-corrected chi connectivity index (χ2v) is 36.3. The van der Waals surface area contributed by atoms with Crippen LogP contribution in [0, 0.1) is 23.0 Å². The maximum Gasteiger partial charge on any atom is 2.00 e. The van der Waals surface area contributed by atoms with E-state index in [1.165, 1.54) is 22.3 Å². The van der Waals surface area contributed by atoms with Crippen LogP contribution in [0.1, 0.15) is 93.9 Å². The molecule has 0 bridgehead atoms. The molecule has 2 atom stereocenters. The Kier molecular flexibility index (Phi) is 21.3. The van der Waals surface area contributed by atoms with Crippen LogP contribution in [0.25, 0.3) is 0 Å². The first-order chi connectivity index (χ1) is 20.0. The summed E-state index contributed by atoms with van der Waals surface area (Å²) in [5.41, 5.74) is 9.36. The van der Waals surface area contributed by atoms with Crippen molar-refractivity contribution in [2.75, 3.05) is 0 Å². The van der Waals surface area contributed by atoms with Crippen molar-refractivity contribution in [1.29, 1.82) is 0 Å². The van der Waals surface area contributed by atoms with Crippen LogP contribution in [-0.4, -0.2) is 23.9 Å². The van der Waals surface area contributed by atoms with Gasteiger partial charge in [-0.3, -0.25) is 12.2 Å². The quantitative estimate of drug-likeness (QED) is 0.185. The zero-order valence-electron chi connectivity index (χ0n) is 32.4. The first-order valence-corrected chi connectivity index (χ1v) is 26.8. The van der Waals surface area contributed by atoms with E-state index in [1.54, 1.807) is 11.1 Å². The summed E-state index contributed by atoms with van der Waals surface area (Å²) in [5.74, 6) is 0. The second kappa shape index (κ2) is 19.9. The van der Waals surface area contributed by atoms with Gasteiger partial charge in [-0.15, -0.1) is 12.8 Å². The van der Waals surface area contributed by atoms with Crippen molar-refractivity contribution >= 4 is 36.9 Å². The third-order valence-corrected chi connectivity index (χ3v) is 17.4. The maximum absolute atomic E-state index is 3.56. The first kappa shape index (κ1) is 51.2. The van der Waals surface area contributed by atoms with E-state index in [0.717, 1.165) is 38.5 Å². The molecule has 0 amide bonds. The van der Waals surface area contributed by atoms with Crippen LogP contribution in [0.2, 0.25) is 39.3 Å². The molecule has 0 aliphatic heterocycles. The van der Waals surface area contributed by atoms with Crippen LogP contribution in [0.3, 0.4) is 0 Å². The Hall–Kier alpha value is 1.06. The van der Waals surface area contributed by atoms with Gasteiger partial charge in [-0.05, 0) is 61.5 Å². The third-order valence-electron chi connectivity index (χ3n) is 8.34. The fourth-order valence-electron chi connectivity index (χ4n) is 7.04. The summed E-state index contributed by atoms with van der Waals surface area (Å²) in [6.45, 7) is 33.6. The second-order valence-electron chi connectivity index (χ2n) is 17.3. The van der Waals surface area contributed by atoms with Crippen LogP contribution in [0.15, 0.2) is 82.0 Å². The first-order valence-electron chi connectivity index (χ1n) is 16.8. The Morgan fingerprint density at radius 3 is 1.17 bits per heavy atom. The van der Waals surface area contributed by atoms with Crippen molar-refractivity contribution in [2.45, 2.75) is 143 Å². The summed E-state index contributed by atoms with van der Waals surface area (Å²) in [6, 6.07) is 0. The Labute approximate surface area is 349 Å². The Morgan fingerprint density at radius 1 is 0.625 bits per heavy atom. The van der Waals surface area contributed by atoms with E-state index in [2.05, 4.69) is 178 Å². The van der Waals surface area contributed by atoms with Crippen molar-refractivity contribution in [3.63, 3.8) is 0 Å². The average molecular weight is 830 g/mol. The van der Waals surface area contributed by atoms with E-state index in [1.807, 2.05) is 0 Å². The summed E-state index contributed by atoms with van der Waals surface area (Å²) in [7, 11) is -2.50. The van der Waals surface area contributed by atoms with E-state index in [9.17, 15) is 0 Å². The zero-order chi connectivity index (χ0) is 33.2. The Bertz CT molecular complexity index is 1220. The van der Waals surface area contributed by atoms with Crippen LogP contribution in [-0.2, 0) is 43.4 Å². The normalized spacial score (nSPS) is 23.7. The molecule has 0 aromatic carbocycles. The van der Waals surface area contributed by atoms with Gasteiger partial charge in [-0.1, -0.05) is 116 Å². The summed E-state index contributed by atoms with van der Waals surface area (Å²) < 4.78 is 0.443. The molecular formula is C40H62Cl2S2Si2Ti2. The predicted octanol–water partition coefficient (Wildman–Crippen LogP) is 7.39. The van der Waals surface area contributed by atoms with Gasteiger partial charge >= 0.3 is 43.4 Å². The minimum atomic E-state index is -1.25. The molecule has 264 valence electrons. The number of halogens is 2. The zero-order valence-corrected chi connectivity index (χ0v) is 40.7. The van der Waals surface area contributed by atoms with Crippen molar-refractivity contribution in [3.05, 3.63) is 94.2 Å². The third kappa shape index (κ3) is 15.2. The molecule has 0 fully saturated rings. The summed E-state index contributed by atoms with van der Waals surface area (Å²) in [4.78, 5) is 0. The van der Waals surface area contributed by atoms with Gasteiger partial charge < -0.3 is 24.8 Å². The fraction of sp³-hybridized carbons (Fsp3) is 0.600. The molecule has 0 heterocycles. The molecule has 0 N–H and O–H groups in total. The number of hydrogen-bond acceptors (Lipinski definition) is 2. The molecule has 4 aliphatic carbocycles. The monoisotopic (exact) mass is 828 g/mol. The molecule has 2 unspecified atom stereocenters. The molecule has 0 spiro atoms. The molecule has 4 aliphatic rings. The summed E-state index contributed by atoms with van der Waals surface area (Å²) >= 11 is 4.56. The minimum absolute atomic E-state index is 0. The molecular weight excluding hydrogens is 767 g/mol. The fourth-order valence-corrected chi connectivity index (χ4v) is 19.7. The van der Waals surface area contributed by atoms with E-state index in [0.29, 0.717) is 0 Å². The van der Waals surface area contributed by atoms with E-state index >= 15 is 0 Å². The van der Waals surface area contributed by atoms with Gasteiger partial charge in [0.25, 0.3) is 0 Å². The molecule has 4 rings (SSSR count). The molecule has 48 heavy (non-hydrogen) atoms. The van der Waals surface area contributed by atoms with E-state index in [-0.39, 0.29) is 88.6 Å². The van der Waals surface area contributed by atoms with Crippen molar-refractivity contribution in [3.8, 4) is 0 Å². The van der Waals surface area contributed by atoms with Gasteiger partial charge in [0.15, 0.2) is 0 Å². The van der Waals surface area contributed by atoms with Crippen molar-refractivity contribution in [1.82, 2.24) is 0 Å². The number of rotatable bonds is 8. The molecule has 0 aromatic heterocycles. The van der Waals surface area contributed by atoms with Crippen LogP contribution in [0.5, 0.6) is 0 Å². The SMILES string of the molecule is CC1=CCC(CC2=[C-]CC=C2)(S[Si](C)(C)C)C(C(C)(C)C)=C1.CC1=CCC(CC2=[C-]CC=C2)(S[Si](C)(C)C)C(C(C)(C)C)=C1.[Cl-].[Cl-].[Ti+2].[Ti+2]. The molecule has 0 radical (unpaired) electrons. The summed E-state index contributed by atoms with van der Waals surface area (Å²) in [5, 5.41) is 0.